The number of para-hydroxylation sites is 2. The predicted molar refractivity (Wildman–Crippen MR) is 216 cm³/mol. The van der Waals surface area contributed by atoms with Gasteiger partial charge in [-0.3, -0.25) is 0 Å². The van der Waals surface area contributed by atoms with Crippen molar-refractivity contribution in [3.05, 3.63) is 224 Å². The molecule has 0 bridgehead atoms. The van der Waals surface area contributed by atoms with Gasteiger partial charge in [-0.15, -0.1) is 0 Å². The van der Waals surface area contributed by atoms with Gasteiger partial charge in [0.2, 0.25) is 0 Å². The standard InChI is InChI=1S/C48H37NSi/c1-6-17-38(18-7-1)40-19-16-20-41(37-40)39-29-33-47(34-30-39)50(45-25-12-4-13-26-45,46-27-14-5-15-28-46)48-35-31-44(32-36-48)49(42-21-8-2-9-22-42)43-23-10-3-11-24-43/h1-37H. The van der Waals surface area contributed by atoms with Crippen LogP contribution in [0.2, 0.25) is 0 Å². The zero-order valence-electron chi connectivity index (χ0n) is 27.8. The molecule has 8 rings (SSSR count). The normalized spacial score (nSPS) is 11.2. The lowest BCUT2D eigenvalue weighted by atomic mass is 9.99. The molecule has 0 unspecified atom stereocenters. The van der Waals surface area contributed by atoms with Gasteiger partial charge in [0.25, 0.3) is 0 Å². The SMILES string of the molecule is c1ccc(-c2cccc(-c3ccc([Si](c4ccccc4)(c4ccccc4)c4ccc(N(c5ccccc5)c5ccccc5)cc4)cc3)c2)cc1. The Labute approximate surface area is 296 Å². The number of hydrogen-bond donors (Lipinski definition) is 0. The van der Waals surface area contributed by atoms with Gasteiger partial charge in [-0.25, -0.2) is 0 Å². The Morgan fingerprint density at radius 1 is 0.240 bits per heavy atom. The van der Waals surface area contributed by atoms with Crippen molar-refractivity contribution in [1.29, 1.82) is 0 Å². The van der Waals surface area contributed by atoms with Crippen LogP contribution in [0.5, 0.6) is 0 Å². The summed E-state index contributed by atoms with van der Waals surface area (Å²) < 4.78 is 0. The zero-order valence-corrected chi connectivity index (χ0v) is 28.8. The minimum Gasteiger partial charge on any atom is -0.311 e. The molecule has 0 aromatic heterocycles. The maximum Gasteiger partial charge on any atom is 0.179 e. The molecule has 0 heterocycles. The fourth-order valence-electron chi connectivity index (χ4n) is 7.26. The molecule has 2 heteroatoms. The fourth-order valence-corrected chi connectivity index (χ4v) is 12.0. The Morgan fingerprint density at radius 3 is 1.02 bits per heavy atom. The van der Waals surface area contributed by atoms with Gasteiger partial charge in [0, 0.05) is 17.1 Å². The van der Waals surface area contributed by atoms with E-state index in [-0.39, 0.29) is 0 Å². The van der Waals surface area contributed by atoms with Gasteiger partial charge in [-0.2, -0.15) is 0 Å². The predicted octanol–water partition coefficient (Wildman–Crippen LogP) is 9.87. The van der Waals surface area contributed by atoms with Gasteiger partial charge in [-0.05, 0) is 85.5 Å². The first-order valence-electron chi connectivity index (χ1n) is 17.2. The van der Waals surface area contributed by atoms with E-state index in [1.54, 1.807) is 0 Å². The molecular formula is C48H37NSi. The molecule has 0 aliphatic heterocycles. The Hall–Kier alpha value is -6.22. The van der Waals surface area contributed by atoms with Crippen LogP contribution in [0.1, 0.15) is 0 Å². The molecule has 0 saturated heterocycles. The highest BCUT2D eigenvalue weighted by Crippen LogP contribution is 2.34. The van der Waals surface area contributed by atoms with E-state index in [1.165, 1.54) is 43.0 Å². The summed E-state index contributed by atoms with van der Waals surface area (Å²) in [6.45, 7) is 0. The molecule has 238 valence electrons. The second kappa shape index (κ2) is 14.1. The molecule has 0 radical (unpaired) electrons. The highest BCUT2D eigenvalue weighted by molar-refractivity contribution is 7.19. The average molecular weight is 656 g/mol. The average Bonchev–Trinajstić information content (AvgIpc) is 3.21. The molecule has 0 aliphatic carbocycles. The van der Waals surface area contributed by atoms with E-state index in [0.29, 0.717) is 0 Å². The first kappa shape index (κ1) is 31.1. The van der Waals surface area contributed by atoms with Gasteiger partial charge in [0.15, 0.2) is 8.07 Å². The summed E-state index contributed by atoms with van der Waals surface area (Å²) in [5.41, 5.74) is 8.28. The van der Waals surface area contributed by atoms with Crippen molar-refractivity contribution in [3.63, 3.8) is 0 Å². The van der Waals surface area contributed by atoms with Gasteiger partial charge in [0.1, 0.15) is 0 Å². The summed E-state index contributed by atoms with van der Waals surface area (Å²) in [4.78, 5) is 2.33. The summed E-state index contributed by atoms with van der Waals surface area (Å²) in [6.07, 6.45) is 0. The lowest BCUT2D eigenvalue weighted by molar-refractivity contribution is 1.28. The fraction of sp³-hybridized carbons (Fsp3) is 0. The van der Waals surface area contributed by atoms with E-state index >= 15 is 0 Å². The molecule has 0 N–H and O–H groups in total. The second-order valence-electron chi connectivity index (χ2n) is 12.6. The van der Waals surface area contributed by atoms with Crippen molar-refractivity contribution >= 4 is 45.9 Å². The lowest BCUT2D eigenvalue weighted by Crippen LogP contribution is -2.74. The molecule has 0 saturated carbocycles. The maximum absolute atomic E-state index is 2.72. The number of hydrogen-bond acceptors (Lipinski definition) is 1. The van der Waals surface area contributed by atoms with Crippen molar-refractivity contribution in [1.82, 2.24) is 0 Å². The molecule has 0 aliphatic rings. The van der Waals surface area contributed by atoms with Crippen LogP contribution in [-0.4, -0.2) is 8.07 Å². The zero-order chi connectivity index (χ0) is 33.6. The van der Waals surface area contributed by atoms with Crippen molar-refractivity contribution in [2.75, 3.05) is 4.90 Å². The van der Waals surface area contributed by atoms with Crippen LogP contribution in [-0.2, 0) is 0 Å². The summed E-state index contributed by atoms with van der Waals surface area (Å²) in [5, 5.41) is 5.42. The molecular weight excluding hydrogens is 619 g/mol. The third-order valence-corrected chi connectivity index (χ3v) is 14.4. The molecule has 0 spiro atoms. The van der Waals surface area contributed by atoms with E-state index in [2.05, 4.69) is 229 Å². The van der Waals surface area contributed by atoms with E-state index in [4.69, 9.17) is 0 Å². The summed E-state index contributed by atoms with van der Waals surface area (Å²) in [7, 11) is -2.72. The van der Waals surface area contributed by atoms with Crippen LogP contribution >= 0.6 is 0 Å². The molecule has 0 fully saturated rings. The number of nitrogens with zero attached hydrogens (tertiary/aromatic N) is 1. The van der Waals surface area contributed by atoms with Gasteiger partial charge >= 0.3 is 0 Å². The first-order chi connectivity index (χ1) is 24.8. The van der Waals surface area contributed by atoms with Crippen molar-refractivity contribution in [2.45, 2.75) is 0 Å². The van der Waals surface area contributed by atoms with E-state index in [1.807, 2.05) is 0 Å². The number of rotatable bonds is 9. The summed E-state index contributed by atoms with van der Waals surface area (Å²) >= 11 is 0. The van der Waals surface area contributed by atoms with Crippen molar-refractivity contribution in [2.24, 2.45) is 0 Å². The van der Waals surface area contributed by atoms with Crippen LogP contribution in [0.25, 0.3) is 22.3 Å². The first-order valence-corrected chi connectivity index (χ1v) is 19.2. The van der Waals surface area contributed by atoms with Gasteiger partial charge in [0.05, 0.1) is 0 Å². The van der Waals surface area contributed by atoms with Crippen LogP contribution in [0, 0.1) is 0 Å². The Bertz CT molecular complexity index is 2190. The molecule has 50 heavy (non-hydrogen) atoms. The minimum atomic E-state index is -2.72. The quantitative estimate of drug-likeness (QED) is 0.111. The van der Waals surface area contributed by atoms with Crippen LogP contribution in [0.15, 0.2) is 224 Å². The van der Waals surface area contributed by atoms with Gasteiger partial charge < -0.3 is 4.90 Å². The Kier molecular flexibility index (Phi) is 8.76. The van der Waals surface area contributed by atoms with Crippen LogP contribution in [0.4, 0.5) is 17.1 Å². The Morgan fingerprint density at radius 2 is 0.560 bits per heavy atom. The monoisotopic (exact) mass is 655 g/mol. The van der Waals surface area contributed by atoms with Crippen molar-refractivity contribution < 1.29 is 0 Å². The van der Waals surface area contributed by atoms with E-state index < -0.39 is 8.07 Å². The Balaban J connectivity index is 1.27. The maximum atomic E-state index is 2.38. The molecule has 0 amide bonds. The minimum absolute atomic E-state index is 1.13. The van der Waals surface area contributed by atoms with E-state index in [0.717, 1.165) is 17.1 Å². The summed E-state index contributed by atoms with van der Waals surface area (Å²) in [5.74, 6) is 0. The van der Waals surface area contributed by atoms with Crippen molar-refractivity contribution in [3.8, 4) is 22.3 Å². The number of anilines is 3. The highest BCUT2D eigenvalue weighted by Gasteiger charge is 2.41. The highest BCUT2D eigenvalue weighted by atomic mass is 28.3. The van der Waals surface area contributed by atoms with E-state index in [9.17, 15) is 0 Å². The lowest BCUT2D eigenvalue weighted by Gasteiger charge is -2.35. The number of benzene rings is 8. The topological polar surface area (TPSA) is 3.24 Å². The molecule has 8 aromatic rings. The second-order valence-corrected chi connectivity index (χ2v) is 16.4. The summed E-state index contributed by atoms with van der Waals surface area (Å²) in [6, 6.07) is 81.7. The molecule has 1 nitrogen and oxygen atoms in total. The third-order valence-electron chi connectivity index (χ3n) is 9.62. The third kappa shape index (κ3) is 5.98. The largest absolute Gasteiger partial charge is 0.311 e. The van der Waals surface area contributed by atoms with Gasteiger partial charge in [-0.1, -0.05) is 182 Å². The molecule has 8 aromatic carbocycles. The molecule has 0 atom stereocenters. The van der Waals surface area contributed by atoms with Crippen LogP contribution < -0.4 is 25.6 Å². The smallest absolute Gasteiger partial charge is 0.179 e. The van der Waals surface area contributed by atoms with Crippen LogP contribution in [0.3, 0.4) is 0 Å².